The number of rotatable bonds is 4. The highest BCUT2D eigenvalue weighted by Gasteiger charge is 2.54. The summed E-state index contributed by atoms with van der Waals surface area (Å²) in [6.45, 7) is 0. The first kappa shape index (κ1) is 15.9. The van der Waals surface area contributed by atoms with Crippen LogP contribution >= 0.6 is 0 Å². The second-order valence-electron chi connectivity index (χ2n) is 8.59. The van der Waals surface area contributed by atoms with Gasteiger partial charge in [-0.3, -0.25) is 4.79 Å². The van der Waals surface area contributed by atoms with Crippen LogP contribution in [0.15, 0.2) is 54.6 Å². The molecule has 0 saturated heterocycles. The van der Waals surface area contributed by atoms with E-state index in [0.717, 1.165) is 54.2 Å². The zero-order valence-electron chi connectivity index (χ0n) is 15.0. The maximum atomic E-state index is 13.1. The Morgan fingerprint density at radius 3 is 1.92 bits per heavy atom. The van der Waals surface area contributed by atoms with Crippen LogP contribution in [-0.4, -0.2) is 5.91 Å². The van der Waals surface area contributed by atoms with Crippen molar-refractivity contribution >= 4 is 11.6 Å². The van der Waals surface area contributed by atoms with Crippen molar-refractivity contribution in [3.63, 3.8) is 0 Å². The number of amides is 1. The van der Waals surface area contributed by atoms with Gasteiger partial charge in [0.2, 0.25) is 5.91 Å². The fourth-order valence-corrected chi connectivity index (χ4v) is 5.88. The summed E-state index contributed by atoms with van der Waals surface area (Å²) in [4.78, 5) is 13.1. The molecule has 4 aliphatic carbocycles. The van der Waals surface area contributed by atoms with Gasteiger partial charge in [-0.05, 0) is 92.7 Å². The third-order valence-corrected chi connectivity index (χ3v) is 6.61. The molecule has 2 aromatic rings. The second-order valence-corrected chi connectivity index (χ2v) is 8.59. The number of ether oxygens (including phenoxy) is 1. The average Bonchev–Trinajstić information content (AvgIpc) is 2.63. The van der Waals surface area contributed by atoms with Crippen LogP contribution in [-0.2, 0) is 4.79 Å². The van der Waals surface area contributed by atoms with Crippen LogP contribution in [0.1, 0.15) is 38.5 Å². The Labute approximate surface area is 154 Å². The van der Waals surface area contributed by atoms with Gasteiger partial charge in [0.05, 0.1) is 5.41 Å². The molecule has 0 heterocycles. The molecule has 3 heteroatoms. The Morgan fingerprint density at radius 1 is 0.808 bits per heavy atom. The molecular formula is C23H25NO2. The smallest absolute Gasteiger partial charge is 0.230 e. The third-order valence-electron chi connectivity index (χ3n) is 6.61. The maximum absolute atomic E-state index is 13.1. The highest BCUT2D eigenvalue weighted by molar-refractivity contribution is 5.95. The molecule has 0 radical (unpaired) electrons. The monoisotopic (exact) mass is 347 g/mol. The normalized spacial score (nSPS) is 31.6. The molecule has 6 rings (SSSR count). The van der Waals surface area contributed by atoms with E-state index < -0.39 is 0 Å². The van der Waals surface area contributed by atoms with Gasteiger partial charge >= 0.3 is 0 Å². The molecule has 2 aromatic carbocycles. The first-order valence-electron chi connectivity index (χ1n) is 9.83. The van der Waals surface area contributed by atoms with E-state index >= 15 is 0 Å². The molecule has 4 bridgehead atoms. The van der Waals surface area contributed by atoms with E-state index in [9.17, 15) is 4.79 Å². The number of hydrogen-bond donors (Lipinski definition) is 1. The molecule has 4 fully saturated rings. The van der Waals surface area contributed by atoms with Crippen molar-refractivity contribution in [3.05, 3.63) is 54.6 Å². The van der Waals surface area contributed by atoms with Crippen molar-refractivity contribution < 1.29 is 9.53 Å². The number of para-hydroxylation sites is 1. The molecule has 4 saturated carbocycles. The maximum Gasteiger partial charge on any atom is 0.230 e. The summed E-state index contributed by atoms with van der Waals surface area (Å²) < 4.78 is 5.83. The Morgan fingerprint density at radius 2 is 1.35 bits per heavy atom. The molecule has 1 N–H and O–H groups in total. The van der Waals surface area contributed by atoms with Crippen molar-refractivity contribution in [2.75, 3.05) is 5.32 Å². The van der Waals surface area contributed by atoms with Crippen molar-refractivity contribution in [1.29, 1.82) is 0 Å². The minimum atomic E-state index is -0.103. The van der Waals surface area contributed by atoms with Crippen LogP contribution in [0.25, 0.3) is 0 Å². The fraction of sp³-hybridized carbons (Fsp3) is 0.435. The van der Waals surface area contributed by atoms with Crippen LogP contribution in [0.4, 0.5) is 5.69 Å². The first-order chi connectivity index (χ1) is 12.7. The van der Waals surface area contributed by atoms with E-state index in [2.05, 4.69) is 5.32 Å². The van der Waals surface area contributed by atoms with Crippen LogP contribution in [0.2, 0.25) is 0 Å². The molecule has 0 aromatic heterocycles. The summed E-state index contributed by atoms with van der Waals surface area (Å²) >= 11 is 0. The Hall–Kier alpha value is -2.29. The van der Waals surface area contributed by atoms with E-state index in [0.29, 0.717) is 0 Å². The summed E-state index contributed by atoms with van der Waals surface area (Å²) in [7, 11) is 0. The first-order valence-corrected chi connectivity index (χ1v) is 9.83. The topological polar surface area (TPSA) is 38.3 Å². The van der Waals surface area contributed by atoms with E-state index in [1.165, 1.54) is 19.3 Å². The SMILES string of the molecule is O=C(Nc1ccc(Oc2ccccc2)cc1)C12CC3CC(CC(C3)C1)C2. The lowest BCUT2D eigenvalue weighted by atomic mass is 9.49. The standard InChI is InChI=1S/C23H25NO2/c25-22(23-13-16-10-17(14-23)12-18(11-16)15-23)24-19-6-8-21(9-7-19)26-20-4-2-1-3-5-20/h1-9,16-18H,10-15H2,(H,24,25). The molecule has 0 atom stereocenters. The number of hydrogen-bond acceptors (Lipinski definition) is 2. The molecular weight excluding hydrogens is 322 g/mol. The van der Waals surface area contributed by atoms with Crippen LogP contribution < -0.4 is 10.1 Å². The predicted molar refractivity (Wildman–Crippen MR) is 102 cm³/mol. The lowest BCUT2D eigenvalue weighted by molar-refractivity contribution is -0.140. The Bertz CT molecular complexity index is 761. The fourth-order valence-electron chi connectivity index (χ4n) is 5.88. The number of carbonyl (C=O) groups is 1. The van der Waals surface area contributed by atoms with Gasteiger partial charge in [-0.2, -0.15) is 0 Å². The molecule has 0 spiro atoms. The van der Waals surface area contributed by atoms with E-state index in [1.54, 1.807) is 0 Å². The van der Waals surface area contributed by atoms with E-state index in [1.807, 2.05) is 54.6 Å². The summed E-state index contributed by atoms with van der Waals surface area (Å²) in [5, 5.41) is 3.20. The minimum Gasteiger partial charge on any atom is -0.457 e. The van der Waals surface area contributed by atoms with Crippen molar-refractivity contribution in [3.8, 4) is 11.5 Å². The quantitative estimate of drug-likeness (QED) is 0.778. The number of nitrogens with one attached hydrogen (secondary N) is 1. The second kappa shape index (κ2) is 6.15. The molecule has 26 heavy (non-hydrogen) atoms. The van der Waals surface area contributed by atoms with Crippen molar-refractivity contribution in [2.45, 2.75) is 38.5 Å². The summed E-state index contributed by atoms with van der Waals surface area (Å²) in [6, 6.07) is 17.5. The van der Waals surface area contributed by atoms with Gasteiger partial charge in [-0.25, -0.2) is 0 Å². The van der Waals surface area contributed by atoms with Gasteiger partial charge in [0.1, 0.15) is 11.5 Å². The van der Waals surface area contributed by atoms with Gasteiger partial charge < -0.3 is 10.1 Å². The zero-order chi connectivity index (χ0) is 17.6. The molecule has 134 valence electrons. The summed E-state index contributed by atoms with van der Waals surface area (Å²) in [6.07, 6.45) is 7.37. The minimum absolute atomic E-state index is 0.103. The van der Waals surface area contributed by atoms with Crippen molar-refractivity contribution in [2.24, 2.45) is 23.2 Å². The lowest BCUT2D eigenvalue weighted by Gasteiger charge is -2.55. The lowest BCUT2D eigenvalue weighted by Crippen LogP contribution is -2.51. The molecule has 1 amide bonds. The number of benzene rings is 2. The third kappa shape index (κ3) is 2.90. The number of carbonyl (C=O) groups excluding carboxylic acids is 1. The van der Waals surface area contributed by atoms with Crippen LogP contribution in [0, 0.1) is 23.2 Å². The molecule has 4 aliphatic rings. The predicted octanol–water partition coefficient (Wildman–Crippen LogP) is 5.63. The largest absolute Gasteiger partial charge is 0.457 e. The van der Waals surface area contributed by atoms with Crippen LogP contribution in [0.5, 0.6) is 11.5 Å². The molecule has 0 unspecified atom stereocenters. The van der Waals surface area contributed by atoms with Gasteiger partial charge in [0.15, 0.2) is 0 Å². The highest BCUT2D eigenvalue weighted by Crippen LogP contribution is 2.60. The zero-order valence-corrected chi connectivity index (χ0v) is 15.0. The van der Waals surface area contributed by atoms with Gasteiger partial charge in [-0.1, -0.05) is 18.2 Å². The Balaban J connectivity index is 1.27. The van der Waals surface area contributed by atoms with Gasteiger partial charge in [0, 0.05) is 5.69 Å². The number of anilines is 1. The van der Waals surface area contributed by atoms with Crippen LogP contribution in [0.3, 0.4) is 0 Å². The molecule has 3 nitrogen and oxygen atoms in total. The van der Waals surface area contributed by atoms with Gasteiger partial charge in [0.25, 0.3) is 0 Å². The Kier molecular flexibility index (Phi) is 3.77. The molecule has 0 aliphatic heterocycles. The average molecular weight is 347 g/mol. The highest BCUT2D eigenvalue weighted by atomic mass is 16.5. The van der Waals surface area contributed by atoms with E-state index in [4.69, 9.17) is 4.74 Å². The summed E-state index contributed by atoms with van der Waals surface area (Å²) in [5.41, 5.74) is 0.764. The summed E-state index contributed by atoms with van der Waals surface area (Å²) in [5.74, 6) is 4.20. The van der Waals surface area contributed by atoms with Crippen molar-refractivity contribution in [1.82, 2.24) is 0 Å². The van der Waals surface area contributed by atoms with Gasteiger partial charge in [-0.15, -0.1) is 0 Å². The van der Waals surface area contributed by atoms with E-state index in [-0.39, 0.29) is 11.3 Å².